The lowest BCUT2D eigenvalue weighted by molar-refractivity contribution is 0.299. The summed E-state index contributed by atoms with van der Waals surface area (Å²) in [6.07, 6.45) is 5.71. The molecule has 3 aromatic rings. The van der Waals surface area contributed by atoms with Crippen LogP contribution in [0.15, 0.2) is 71.7 Å². The lowest BCUT2D eigenvalue weighted by Crippen LogP contribution is -2.44. The van der Waals surface area contributed by atoms with Gasteiger partial charge in [0.25, 0.3) is 0 Å². The lowest BCUT2D eigenvalue weighted by atomic mass is 10.2. The van der Waals surface area contributed by atoms with Crippen molar-refractivity contribution in [3.05, 3.63) is 88.4 Å². The van der Waals surface area contributed by atoms with Crippen molar-refractivity contribution in [2.45, 2.75) is 13.5 Å². The molecule has 0 amide bonds. The molecule has 4 rings (SSSR count). The maximum atomic E-state index is 13.4. The second-order valence-corrected chi connectivity index (χ2v) is 7.18. The van der Waals surface area contributed by atoms with Gasteiger partial charge in [0.15, 0.2) is 0 Å². The van der Waals surface area contributed by atoms with Crippen molar-refractivity contribution in [1.29, 1.82) is 0 Å². The third-order valence-electron chi connectivity index (χ3n) is 5.07. The topological polar surface area (TPSA) is 59.4 Å². The highest BCUT2D eigenvalue weighted by molar-refractivity contribution is 5.58. The number of benzene rings is 2. The Morgan fingerprint density at radius 1 is 1.10 bits per heavy atom. The molecule has 6 nitrogen and oxygen atoms in total. The highest BCUT2D eigenvalue weighted by Crippen LogP contribution is 2.25. The minimum Gasteiger partial charge on any atom is -0.481 e. The van der Waals surface area contributed by atoms with E-state index < -0.39 is 0 Å². The number of rotatable bonds is 6. The number of nitrogens with one attached hydrogen (secondary N) is 1. The largest absolute Gasteiger partial charge is 0.481 e. The summed E-state index contributed by atoms with van der Waals surface area (Å²) in [6, 6.07) is 17.6. The molecule has 0 atom stereocenters. The number of aromatic nitrogens is 2. The van der Waals surface area contributed by atoms with Gasteiger partial charge >= 0.3 is 5.56 Å². The van der Waals surface area contributed by atoms with Gasteiger partial charge in [0.1, 0.15) is 12.3 Å². The number of ether oxygens (including phenoxy) is 1. The van der Waals surface area contributed by atoms with Gasteiger partial charge in [0.05, 0.1) is 11.9 Å². The van der Waals surface area contributed by atoms with Gasteiger partial charge in [-0.25, -0.2) is 0 Å². The summed E-state index contributed by atoms with van der Waals surface area (Å²) >= 11 is 0. The molecule has 0 spiro atoms. The van der Waals surface area contributed by atoms with Crippen LogP contribution in [0.5, 0.6) is 5.75 Å². The zero-order valence-corrected chi connectivity index (χ0v) is 17.1. The molecule has 2 heterocycles. The van der Waals surface area contributed by atoms with Crippen LogP contribution in [0, 0.1) is 0 Å². The van der Waals surface area contributed by atoms with Gasteiger partial charge in [-0.3, -0.25) is 4.79 Å². The van der Waals surface area contributed by atoms with E-state index in [2.05, 4.69) is 15.3 Å². The highest BCUT2D eigenvalue weighted by Gasteiger charge is 2.21. The van der Waals surface area contributed by atoms with Gasteiger partial charge in [0, 0.05) is 26.2 Å². The molecule has 154 valence electrons. The van der Waals surface area contributed by atoms with E-state index in [-0.39, 0.29) is 5.56 Å². The van der Waals surface area contributed by atoms with Crippen LogP contribution in [0.2, 0.25) is 0 Å². The Labute approximate surface area is 176 Å². The van der Waals surface area contributed by atoms with E-state index in [1.165, 1.54) is 4.68 Å². The highest BCUT2D eigenvalue weighted by atomic mass is 16.5. The zero-order valence-electron chi connectivity index (χ0n) is 17.1. The molecule has 0 bridgehead atoms. The molecule has 1 aromatic heterocycles. The predicted octanol–water partition coefficient (Wildman–Crippen LogP) is 3.25. The molecule has 1 fully saturated rings. The molecule has 2 aromatic carbocycles. The number of hydrogen-bond acceptors (Lipinski definition) is 5. The fourth-order valence-electron chi connectivity index (χ4n) is 3.56. The maximum absolute atomic E-state index is 13.4. The summed E-state index contributed by atoms with van der Waals surface area (Å²) in [5.41, 5.74) is 3.24. The number of allylic oxidation sites excluding steroid dienone is 1. The summed E-state index contributed by atoms with van der Waals surface area (Å²) in [6.45, 7) is 5.65. The lowest BCUT2D eigenvalue weighted by Gasteiger charge is -2.30. The fourth-order valence-corrected chi connectivity index (χ4v) is 3.56. The Morgan fingerprint density at radius 3 is 2.67 bits per heavy atom. The normalized spacial score (nSPS) is 14.2. The minimum absolute atomic E-state index is 0.250. The van der Waals surface area contributed by atoms with Crippen molar-refractivity contribution < 1.29 is 4.74 Å². The van der Waals surface area contributed by atoms with Gasteiger partial charge in [-0.15, -0.1) is 0 Å². The maximum Gasteiger partial charge on any atom is 0.316 e. The Morgan fingerprint density at radius 2 is 1.90 bits per heavy atom. The van der Waals surface area contributed by atoms with E-state index in [4.69, 9.17) is 4.74 Å². The molecule has 0 radical (unpaired) electrons. The molecule has 0 unspecified atom stereocenters. The fraction of sp³-hybridized carbons (Fsp3) is 0.250. The van der Waals surface area contributed by atoms with Crippen molar-refractivity contribution in [3.8, 4) is 11.4 Å². The standard InChI is InChI=1S/C24H26N4O2/c1-2-7-19-10-6-11-21(16-19)28-24(29)23(30-18-20-8-4-3-5-9-20)22(17-26-28)27-14-12-25-13-15-27/h2-11,16-17,25H,12-15,18H2,1H3/b7-2-. The Kier molecular flexibility index (Phi) is 6.25. The molecule has 30 heavy (non-hydrogen) atoms. The number of nitrogens with zero attached hydrogens (tertiary/aromatic N) is 3. The van der Waals surface area contributed by atoms with E-state index in [1.807, 2.05) is 73.7 Å². The molecule has 6 heteroatoms. The first-order chi connectivity index (χ1) is 14.8. The Balaban J connectivity index is 1.74. The van der Waals surface area contributed by atoms with E-state index in [1.54, 1.807) is 6.20 Å². The molecular formula is C24H26N4O2. The summed E-state index contributed by atoms with van der Waals surface area (Å²) in [5, 5.41) is 7.82. The van der Waals surface area contributed by atoms with Crippen LogP contribution in [0.4, 0.5) is 5.69 Å². The molecule has 1 aliphatic rings. The number of hydrogen-bond donors (Lipinski definition) is 1. The second kappa shape index (κ2) is 9.41. The Hall–Kier alpha value is -3.38. The van der Waals surface area contributed by atoms with Crippen molar-refractivity contribution in [2.75, 3.05) is 31.1 Å². The van der Waals surface area contributed by atoms with Gasteiger partial charge < -0.3 is 15.0 Å². The summed E-state index contributed by atoms with van der Waals surface area (Å²) in [4.78, 5) is 15.6. The van der Waals surface area contributed by atoms with Crippen LogP contribution in [-0.4, -0.2) is 36.0 Å². The quantitative estimate of drug-likeness (QED) is 0.686. The third kappa shape index (κ3) is 4.44. The molecule has 1 aliphatic heterocycles. The second-order valence-electron chi connectivity index (χ2n) is 7.18. The summed E-state index contributed by atoms with van der Waals surface area (Å²) in [5.74, 6) is 0.340. The van der Waals surface area contributed by atoms with Gasteiger partial charge in [-0.05, 0) is 30.2 Å². The van der Waals surface area contributed by atoms with Crippen LogP contribution in [0.3, 0.4) is 0 Å². The van der Waals surface area contributed by atoms with Crippen LogP contribution >= 0.6 is 0 Å². The Bertz CT molecular complexity index is 1070. The van der Waals surface area contributed by atoms with E-state index in [9.17, 15) is 4.79 Å². The van der Waals surface area contributed by atoms with Crippen molar-refractivity contribution >= 4 is 11.8 Å². The summed E-state index contributed by atoms with van der Waals surface area (Å²) < 4.78 is 7.51. The van der Waals surface area contributed by atoms with E-state index in [0.29, 0.717) is 18.0 Å². The first kappa shape index (κ1) is 19.9. The number of anilines is 1. The first-order valence-corrected chi connectivity index (χ1v) is 10.2. The smallest absolute Gasteiger partial charge is 0.316 e. The zero-order chi connectivity index (χ0) is 20.8. The summed E-state index contributed by atoms with van der Waals surface area (Å²) in [7, 11) is 0. The molecule has 0 aliphatic carbocycles. The van der Waals surface area contributed by atoms with Crippen molar-refractivity contribution in [1.82, 2.24) is 15.1 Å². The van der Waals surface area contributed by atoms with Gasteiger partial charge in [-0.1, -0.05) is 54.6 Å². The van der Waals surface area contributed by atoms with Crippen LogP contribution in [-0.2, 0) is 6.61 Å². The predicted molar refractivity (Wildman–Crippen MR) is 120 cm³/mol. The van der Waals surface area contributed by atoms with E-state index in [0.717, 1.165) is 43.0 Å². The van der Waals surface area contributed by atoms with Gasteiger partial charge in [0.2, 0.25) is 5.75 Å². The van der Waals surface area contributed by atoms with Crippen molar-refractivity contribution in [3.63, 3.8) is 0 Å². The van der Waals surface area contributed by atoms with Crippen LogP contribution < -0.4 is 20.5 Å². The average Bonchev–Trinajstić information content (AvgIpc) is 2.80. The van der Waals surface area contributed by atoms with Gasteiger partial charge in [-0.2, -0.15) is 9.78 Å². The van der Waals surface area contributed by atoms with E-state index >= 15 is 0 Å². The first-order valence-electron chi connectivity index (χ1n) is 10.2. The van der Waals surface area contributed by atoms with Crippen LogP contribution in [0.25, 0.3) is 11.8 Å². The molecule has 1 saturated heterocycles. The van der Waals surface area contributed by atoms with Crippen molar-refractivity contribution in [2.24, 2.45) is 0 Å². The molecule has 1 N–H and O–H groups in total. The number of piperazine rings is 1. The minimum atomic E-state index is -0.250. The molecule has 0 saturated carbocycles. The molecular weight excluding hydrogens is 376 g/mol. The SMILES string of the molecule is C/C=C\c1cccc(-n2ncc(N3CCNCC3)c(OCc3ccccc3)c2=O)c1. The average molecular weight is 402 g/mol. The monoisotopic (exact) mass is 402 g/mol. The van der Waals surface area contributed by atoms with Crippen LogP contribution in [0.1, 0.15) is 18.1 Å². The third-order valence-corrected chi connectivity index (χ3v) is 5.07.